The van der Waals surface area contributed by atoms with Crippen LogP contribution in [-0.4, -0.2) is 17.5 Å². The Labute approximate surface area is 177 Å². The second-order valence-corrected chi connectivity index (χ2v) is 8.60. The van der Waals surface area contributed by atoms with Crippen molar-refractivity contribution >= 4 is 21.2 Å². The van der Waals surface area contributed by atoms with Gasteiger partial charge in [-0.25, -0.2) is 0 Å². The van der Waals surface area contributed by atoms with E-state index in [4.69, 9.17) is 17.5 Å². The first-order valence-electron chi connectivity index (χ1n) is 11.1. The summed E-state index contributed by atoms with van der Waals surface area (Å²) >= 11 is 0. The zero-order valence-electron chi connectivity index (χ0n) is 18.1. The van der Waals surface area contributed by atoms with E-state index in [1.165, 1.54) is 87.8 Å². The van der Waals surface area contributed by atoms with Crippen LogP contribution >= 0.6 is 0 Å². The highest BCUT2D eigenvalue weighted by molar-refractivity contribution is 7.79. The maximum Gasteiger partial charge on any atom is 0.394 e. The Morgan fingerprint density at radius 1 is 0.690 bits per heavy atom. The average Bonchev–Trinajstić information content (AvgIpc) is 2.67. The third-order valence-corrected chi connectivity index (χ3v) is 5.22. The SMILES string of the molecule is CCCCCCCc1ccc2ccccc2c1CCCCCCC.O=S(=O)(O)O. The molecule has 2 aromatic carbocycles. The molecule has 0 saturated heterocycles. The summed E-state index contributed by atoms with van der Waals surface area (Å²) < 4.78 is 31.6. The standard InChI is InChI=1S/C24H36.H2O4S/c1-3-5-7-9-11-15-21-19-20-22-16-13-14-18-24(22)23(21)17-12-10-8-6-4-2;1-5(2,3)4/h13-14,16,18-20H,3-12,15,17H2,1-2H3;(H2,1,2,3,4). The minimum absolute atomic E-state index is 1.26. The molecular formula is C24H38O4S. The summed E-state index contributed by atoms with van der Waals surface area (Å²) in [5.74, 6) is 0. The van der Waals surface area contributed by atoms with Crippen molar-refractivity contribution in [3.63, 3.8) is 0 Å². The Bertz CT molecular complexity index is 792. The van der Waals surface area contributed by atoms with E-state index in [2.05, 4.69) is 50.2 Å². The van der Waals surface area contributed by atoms with Crippen LogP contribution in [0, 0.1) is 0 Å². The Morgan fingerprint density at radius 3 is 1.79 bits per heavy atom. The number of benzene rings is 2. The minimum atomic E-state index is -4.67. The monoisotopic (exact) mass is 422 g/mol. The molecule has 0 aliphatic rings. The molecule has 0 unspecified atom stereocenters. The zero-order chi connectivity index (χ0) is 21.5. The number of aryl methyl sites for hydroxylation is 2. The molecule has 5 heteroatoms. The largest absolute Gasteiger partial charge is 0.394 e. The summed E-state index contributed by atoms with van der Waals surface area (Å²) in [5, 5.41) is 2.91. The van der Waals surface area contributed by atoms with Crippen molar-refractivity contribution in [1.82, 2.24) is 0 Å². The molecule has 0 heterocycles. The van der Waals surface area contributed by atoms with Gasteiger partial charge in [-0.15, -0.1) is 0 Å². The molecule has 0 amide bonds. The summed E-state index contributed by atoms with van der Waals surface area (Å²) in [7, 11) is -4.67. The average molecular weight is 423 g/mol. The quantitative estimate of drug-likeness (QED) is 0.280. The number of unbranched alkanes of at least 4 members (excludes halogenated alkanes) is 8. The van der Waals surface area contributed by atoms with Crippen molar-refractivity contribution in [2.24, 2.45) is 0 Å². The van der Waals surface area contributed by atoms with Gasteiger partial charge in [-0.05, 0) is 47.6 Å². The Morgan fingerprint density at radius 2 is 1.21 bits per heavy atom. The maximum atomic E-state index is 8.74. The number of hydrogen-bond donors (Lipinski definition) is 2. The topological polar surface area (TPSA) is 74.6 Å². The van der Waals surface area contributed by atoms with Crippen LogP contribution in [0.4, 0.5) is 0 Å². The molecule has 0 saturated carbocycles. The Kier molecular flexibility index (Phi) is 12.8. The van der Waals surface area contributed by atoms with Crippen LogP contribution in [0.1, 0.15) is 89.2 Å². The molecule has 29 heavy (non-hydrogen) atoms. The molecule has 0 fully saturated rings. The highest BCUT2D eigenvalue weighted by atomic mass is 32.3. The number of fused-ring (bicyclic) bond motifs is 1. The van der Waals surface area contributed by atoms with Gasteiger partial charge in [0.2, 0.25) is 0 Å². The lowest BCUT2D eigenvalue weighted by Crippen LogP contribution is -1.97. The van der Waals surface area contributed by atoms with Crippen molar-refractivity contribution in [3.8, 4) is 0 Å². The normalized spacial score (nSPS) is 11.3. The Balaban J connectivity index is 0.000000749. The smallest absolute Gasteiger partial charge is 0.264 e. The van der Waals surface area contributed by atoms with Crippen LogP contribution in [0.15, 0.2) is 36.4 Å². The van der Waals surface area contributed by atoms with Crippen molar-refractivity contribution < 1.29 is 17.5 Å². The molecule has 2 aromatic rings. The van der Waals surface area contributed by atoms with Crippen LogP contribution in [0.5, 0.6) is 0 Å². The van der Waals surface area contributed by atoms with Crippen LogP contribution < -0.4 is 0 Å². The molecular weight excluding hydrogens is 384 g/mol. The van der Waals surface area contributed by atoms with Crippen LogP contribution in [0.25, 0.3) is 10.8 Å². The fourth-order valence-corrected chi connectivity index (χ4v) is 3.73. The summed E-state index contributed by atoms with van der Waals surface area (Å²) in [4.78, 5) is 0. The van der Waals surface area contributed by atoms with E-state index in [0.717, 1.165) is 0 Å². The van der Waals surface area contributed by atoms with E-state index in [1.807, 2.05) is 0 Å². The number of rotatable bonds is 12. The van der Waals surface area contributed by atoms with Crippen molar-refractivity contribution in [1.29, 1.82) is 0 Å². The third kappa shape index (κ3) is 12.0. The molecule has 4 nitrogen and oxygen atoms in total. The summed E-state index contributed by atoms with van der Waals surface area (Å²) in [5.41, 5.74) is 3.25. The Hall–Kier alpha value is -1.43. The predicted molar refractivity (Wildman–Crippen MR) is 123 cm³/mol. The van der Waals surface area contributed by atoms with Crippen LogP contribution in [0.3, 0.4) is 0 Å². The van der Waals surface area contributed by atoms with E-state index in [-0.39, 0.29) is 0 Å². The lowest BCUT2D eigenvalue weighted by Gasteiger charge is -2.13. The summed E-state index contributed by atoms with van der Waals surface area (Å²) in [6.07, 6.45) is 16.2. The van der Waals surface area contributed by atoms with Crippen molar-refractivity contribution in [2.75, 3.05) is 0 Å². The van der Waals surface area contributed by atoms with Crippen molar-refractivity contribution in [2.45, 2.75) is 90.9 Å². The van der Waals surface area contributed by atoms with E-state index in [1.54, 1.807) is 11.1 Å². The lowest BCUT2D eigenvalue weighted by molar-refractivity contribution is 0.381. The second-order valence-electron chi connectivity index (χ2n) is 7.70. The third-order valence-electron chi connectivity index (χ3n) is 5.22. The van der Waals surface area contributed by atoms with Gasteiger partial charge in [-0.1, -0.05) is 102 Å². The van der Waals surface area contributed by atoms with Gasteiger partial charge in [-0.3, -0.25) is 9.11 Å². The van der Waals surface area contributed by atoms with E-state index >= 15 is 0 Å². The molecule has 0 radical (unpaired) electrons. The fourth-order valence-electron chi connectivity index (χ4n) is 3.73. The fraction of sp³-hybridized carbons (Fsp3) is 0.583. The summed E-state index contributed by atoms with van der Waals surface area (Å²) in [6, 6.07) is 13.7. The van der Waals surface area contributed by atoms with Gasteiger partial charge in [0.05, 0.1) is 0 Å². The predicted octanol–water partition coefficient (Wildman–Crippen LogP) is 7.21. The summed E-state index contributed by atoms with van der Waals surface area (Å²) in [6.45, 7) is 4.58. The van der Waals surface area contributed by atoms with E-state index < -0.39 is 10.4 Å². The molecule has 0 bridgehead atoms. The molecule has 0 atom stereocenters. The zero-order valence-corrected chi connectivity index (χ0v) is 18.9. The number of hydrogen-bond acceptors (Lipinski definition) is 2. The van der Waals surface area contributed by atoms with Gasteiger partial charge in [0.15, 0.2) is 0 Å². The van der Waals surface area contributed by atoms with E-state index in [9.17, 15) is 0 Å². The molecule has 0 spiro atoms. The van der Waals surface area contributed by atoms with E-state index in [0.29, 0.717) is 0 Å². The first kappa shape index (κ1) is 25.6. The molecule has 2 rings (SSSR count). The molecule has 0 aromatic heterocycles. The van der Waals surface area contributed by atoms with Gasteiger partial charge < -0.3 is 0 Å². The highest BCUT2D eigenvalue weighted by Gasteiger charge is 2.07. The first-order valence-corrected chi connectivity index (χ1v) is 12.5. The van der Waals surface area contributed by atoms with Crippen LogP contribution in [0.2, 0.25) is 0 Å². The lowest BCUT2D eigenvalue weighted by atomic mass is 9.91. The first-order chi connectivity index (χ1) is 13.9. The van der Waals surface area contributed by atoms with Gasteiger partial charge in [0.25, 0.3) is 0 Å². The van der Waals surface area contributed by atoms with Gasteiger partial charge in [0, 0.05) is 0 Å². The molecule has 0 aliphatic carbocycles. The molecule has 164 valence electrons. The maximum absolute atomic E-state index is 8.74. The highest BCUT2D eigenvalue weighted by Crippen LogP contribution is 2.26. The van der Waals surface area contributed by atoms with Gasteiger partial charge in [0.1, 0.15) is 0 Å². The molecule has 2 N–H and O–H groups in total. The van der Waals surface area contributed by atoms with Gasteiger partial charge >= 0.3 is 10.4 Å². The second kappa shape index (κ2) is 14.5. The molecule has 0 aliphatic heterocycles. The van der Waals surface area contributed by atoms with Crippen LogP contribution in [-0.2, 0) is 23.2 Å². The van der Waals surface area contributed by atoms with Crippen molar-refractivity contribution in [3.05, 3.63) is 47.5 Å². The minimum Gasteiger partial charge on any atom is -0.264 e. The van der Waals surface area contributed by atoms with Gasteiger partial charge in [-0.2, -0.15) is 8.42 Å².